The Bertz CT molecular complexity index is 951. The van der Waals surface area contributed by atoms with Crippen molar-refractivity contribution in [2.75, 3.05) is 14.1 Å². The van der Waals surface area contributed by atoms with E-state index < -0.39 is 5.63 Å². The zero-order valence-electron chi connectivity index (χ0n) is 12.4. The monoisotopic (exact) mass is 293 g/mol. The lowest BCUT2D eigenvalue weighted by Gasteiger charge is -2.05. The highest BCUT2D eigenvalue weighted by Crippen LogP contribution is 2.25. The maximum absolute atomic E-state index is 12.2. The predicted octanol–water partition coefficient (Wildman–Crippen LogP) is 3.20. The first-order valence-corrected chi connectivity index (χ1v) is 6.91. The molecule has 0 aliphatic carbocycles. The van der Waals surface area contributed by atoms with Gasteiger partial charge in [-0.15, -0.1) is 0 Å². The first-order chi connectivity index (χ1) is 10.6. The Morgan fingerprint density at radius 1 is 1.09 bits per heavy atom. The Morgan fingerprint density at radius 3 is 2.64 bits per heavy atom. The second-order valence-electron chi connectivity index (χ2n) is 5.29. The van der Waals surface area contributed by atoms with Gasteiger partial charge in [-0.3, -0.25) is 4.79 Å². The Labute approximate surface area is 127 Å². The molecule has 0 saturated carbocycles. The summed E-state index contributed by atoms with van der Waals surface area (Å²) >= 11 is 0. The number of benzene rings is 2. The van der Waals surface area contributed by atoms with Crippen LogP contribution < -0.4 is 5.63 Å². The third kappa shape index (κ3) is 2.51. The van der Waals surface area contributed by atoms with E-state index in [9.17, 15) is 9.59 Å². The molecule has 4 nitrogen and oxygen atoms in total. The number of carbonyl (C=O) groups excluding carboxylic acids is 1. The number of rotatable bonds is 3. The molecule has 0 atom stereocenters. The first-order valence-electron chi connectivity index (χ1n) is 6.91. The molecule has 0 saturated heterocycles. The lowest BCUT2D eigenvalue weighted by molar-refractivity contribution is 0.104. The van der Waals surface area contributed by atoms with Crippen LogP contribution in [0, 0.1) is 0 Å². The van der Waals surface area contributed by atoms with Crippen LogP contribution in [0.25, 0.3) is 21.7 Å². The molecule has 1 aromatic heterocycles. The SMILES string of the molecule is CN(C)/C=C/C(=O)c1cc2c(ccc3ccccc32)oc1=O. The molecule has 0 radical (unpaired) electrons. The van der Waals surface area contributed by atoms with Crippen LogP contribution in [0.3, 0.4) is 0 Å². The van der Waals surface area contributed by atoms with Gasteiger partial charge in [-0.1, -0.05) is 30.3 Å². The minimum absolute atomic E-state index is 0.0435. The molecule has 0 unspecified atom stereocenters. The average molecular weight is 293 g/mol. The molecule has 0 bridgehead atoms. The highest BCUT2D eigenvalue weighted by atomic mass is 16.4. The van der Waals surface area contributed by atoms with Crippen LogP contribution in [0.1, 0.15) is 10.4 Å². The van der Waals surface area contributed by atoms with Gasteiger partial charge in [0.2, 0.25) is 0 Å². The molecular weight excluding hydrogens is 278 g/mol. The summed E-state index contributed by atoms with van der Waals surface area (Å²) < 4.78 is 5.30. The summed E-state index contributed by atoms with van der Waals surface area (Å²) in [6.45, 7) is 0. The fourth-order valence-corrected chi connectivity index (χ4v) is 2.35. The zero-order chi connectivity index (χ0) is 15.7. The number of ketones is 1. The van der Waals surface area contributed by atoms with Crippen molar-refractivity contribution >= 4 is 27.5 Å². The molecule has 2 aromatic carbocycles. The fourth-order valence-electron chi connectivity index (χ4n) is 2.35. The summed E-state index contributed by atoms with van der Waals surface area (Å²) in [4.78, 5) is 25.9. The molecule has 1 heterocycles. The number of hydrogen-bond donors (Lipinski definition) is 0. The van der Waals surface area contributed by atoms with Crippen molar-refractivity contribution in [1.29, 1.82) is 0 Å². The van der Waals surface area contributed by atoms with Gasteiger partial charge in [0.05, 0.1) is 0 Å². The van der Waals surface area contributed by atoms with Gasteiger partial charge in [-0.05, 0) is 22.9 Å². The van der Waals surface area contributed by atoms with Gasteiger partial charge in [0, 0.05) is 31.8 Å². The normalized spacial score (nSPS) is 11.4. The van der Waals surface area contributed by atoms with Gasteiger partial charge < -0.3 is 9.32 Å². The summed E-state index contributed by atoms with van der Waals surface area (Å²) in [6.07, 6.45) is 2.97. The van der Waals surface area contributed by atoms with Crippen molar-refractivity contribution < 1.29 is 9.21 Å². The zero-order valence-corrected chi connectivity index (χ0v) is 12.4. The van der Waals surface area contributed by atoms with Gasteiger partial charge in [0.25, 0.3) is 0 Å². The van der Waals surface area contributed by atoms with E-state index in [1.165, 1.54) is 6.08 Å². The van der Waals surface area contributed by atoms with Gasteiger partial charge >= 0.3 is 5.63 Å². The predicted molar refractivity (Wildman–Crippen MR) is 87.1 cm³/mol. The molecule has 3 aromatic rings. The fraction of sp³-hybridized carbons (Fsp3) is 0.111. The molecule has 0 amide bonds. The van der Waals surface area contributed by atoms with E-state index in [4.69, 9.17) is 4.42 Å². The van der Waals surface area contributed by atoms with Crippen molar-refractivity contribution in [1.82, 2.24) is 4.90 Å². The number of allylic oxidation sites excluding steroid dienone is 1. The third-order valence-electron chi connectivity index (χ3n) is 3.43. The summed E-state index contributed by atoms with van der Waals surface area (Å²) in [5.74, 6) is -0.364. The van der Waals surface area contributed by atoms with E-state index in [1.807, 2.05) is 30.3 Å². The highest BCUT2D eigenvalue weighted by molar-refractivity contribution is 6.10. The van der Waals surface area contributed by atoms with Crippen LogP contribution >= 0.6 is 0 Å². The van der Waals surface area contributed by atoms with Gasteiger partial charge in [-0.2, -0.15) is 0 Å². The van der Waals surface area contributed by atoms with Crippen molar-refractivity contribution in [2.45, 2.75) is 0 Å². The molecule has 0 N–H and O–H groups in total. The Morgan fingerprint density at radius 2 is 1.86 bits per heavy atom. The maximum atomic E-state index is 12.2. The number of fused-ring (bicyclic) bond motifs is 3. The molecule has 110 valence electrons. The third-order valence-corrected chi connectivity index (χ3v) is 3.43. The van der Waals surface area contributed by atoms with E-state index in [-0.39, 0.29) is 11.3 Å². The van der Waals surface area contributed by atoms with Gasteiger partial charge in [0.15, 0.2) is 5.78 Å². The summed E-state index contributed by atoms with van der Waals surface area (Å²) in [7, 11) is 3.61. The Balaban J connectivity index is 2.24. The number of nitrogens with zero attached hydrogens (tertiary/aromatic N) is 1. The Hall–Kier alpha value is -2.88. The molecule has 0 fully saturated rings. The van der Waals surface area contributed by atoms with Crippen LogP contribution in [0.5, 0.6) is 0 Å². The van der Waals surface area contributed by atoms with Crippen LogP contribution in [-0.4, -0.2) is 24.8 Å². The second kappa shape index (κ2) is 5.48. The van der Waals surface area contributed by atoms with E-state index in [0.29, 0.717) is 5.58 Å². The minimum atomic E-state index is -0.615. The van der Waals surface area contributed by atoms with Crippen molar-refractivity contribution in [3.8, 4) is 0 Å². The quantitative estimate of drug-likeness (QED) is 0.322. The number of hydrogen-bond acceptors (Lipinski definition) is 4. The molecule has 22 heavy (non-hydrogen) atoms. The van der Waals surface area contributed by atoms with Crippen molar-refractivity contribution in [3.63, 3.8) is 0 Å². The molecule has 3 rings (SSSR count). The number of carbonyl (C=O) groups is 1. The van der Waals surface area contributed by atoms with Crippen molar-refractivity contribution in [3.05, 3.63) is 70.7 Å². The van der Waals surface area contributed by atoms with E-state index >= 15 is 0 Å². The van der Waals surface area contributed by atoms with Crippen LogP contribution in [0.2, 0.25) is 0 Å². The lowest BCUT2D eigenvalue weighted by atomic mass is 10.0. The summed E-state index contributed by atoms with van der Waals surface area (Å²) in [6, 6.07) is 13.1. The Kier molecular flexibility index (Phi) is 3.51. The summed E-state index contributed by atoms with van der Waals surface area (Å²) in [5, 5.41) is 2.75. The van der Waals surface area contributed by atoms with E-state index in [0.717, 1.165) is 16.2 Å². The lowest BCUT2D eigenvalue weighted by Crippen LogP contribution is -2.13. The smallest absolute Gasteiger partial charge is 0.347 e. The maximum Gasteiger partial charge on any atom is 0.347 e. The molecule has 0 aliphatic rings. The molecule has 0 aliphatic heterocycles. The average Bonchev–Trinajstić information content (AvgIpc) is 2.51. The van der Waals surface area contributed by atoms with Gasteiger partial charge in [-0.25, -0.2) is 4.79 Å². The molecule has 0 spiro atoms. The topological polar surface area (TPSA) is 50.5 Å². The summed E-state index contributed by atoms with van der Waals surface area (Å²) in [5.41, 5.74) is -0.0880. The van der Waals surface area contributed by atoms with E-state index in [1.54, 1.807) is 37.3 Å². The van der Waals surface area contributed by atoms with Gasteiger partial charge in [0.1, 0.15) is 11.1 Å². The molecule has 4 heteroatoms. The second-order valence-corrected chi connectivity index (χ2v) is 5.29. The molecular formula is C18H15NO3. The standard InChI is InChI=1S/C18H15NO3/c1-19(2)10-9-16(20)15-11-14-13-6-4-3-5-12(13)7-8-17(14)22-18(15)21/h3-11H,1-2H3/b10-9+. The van der Waals surface area contributed by atoms with Crippen LogP contribution in [-0.2, 0) is 0 Å². The highest BCUT2D eigenvalue weighted by Gasteiger charge is 2.12. The minimum Gasteiger partial charge on any atom is -0.422 e. The van der Waals surface area contributed by atoms with E-state index in [2.05, 4.69) is 0 Å². The van der Waals surface area contributed by atoms with Crippen molar-refractivity contribution in [2.24, 2.45) is 0 Å². The van der Waals surface area contributed by atoms with Crippen LogP contribution in [0.15, 0.2) is 64.0 Å². The van der Waals surface area contributed by atoms with Crippen LogP contribution in [0.4, 0.5) is 0 Å². The largest absolute Gasteiger partial charge is 0.422 e. The first kappa shape index (κ1) is 14.1.